The average molecular weight is 277 g/mol. The van der Waals surface area contributed by atoms with Gasteiger partial charge in [-0.05, 0) is 5.56 Å². The summed E-state index contributed by atoms with van der Waals surface area (Å²) < 4.78 is 6.14. The van der Waals surface area contributed by atoms with Gasteiger partial charge in [-0.15, -0.1) is 0 Å². The molecule has 0 unspecified atom stereocenters. The molecule has 0 aliphatic carbocycles. The molecule has 0 atom stereocenters. The lowest BCUT2D eigenvalue weighted by Crippen LogP contribution is -2.37. The van der Waals surface area contributed by atoms with Crippen molar-refractivity contribution in [1.82, 2.24) is 9.78 Å². The van der Waals surface area contributed by atoms with Gasteiger partial charge in [0.1, 0.15) is 12.9 Å². The van der Waals surface area contributed by atoms with Crippen LogP contribution in [0.2, 0.25) is 0 Å². The van der Waals surface area contributed by atoms with Gasteiger partial charge < -0.3 is 4.74 Å². The van der Waals surface area contributed by atoms with E-state index in [2.05, 4.69) is 5.10 Å². The van der Waals surface area contributed by atoms with Gasteiger partial charge in [0.25, 0.3) is 0 Å². The number of hydrogen-bond acceptors (Lipinski definition) is 5. The predicted octanol–water partition coefficient (Wildman–Crippen LogP) is 0.619. The minimum atomic E-state index is -1.17. The molecular formula is C12H11N3O5. The highest BCUT2D eigenvalue weighted by Gasteiger charge is 2.16. The van der Waals surface area contributed by atoms with Gasteiger partial charge in [-0.2, -0.15) is 0 Å². The molecule has 0 radical (unpaired) electrons. The van der Waals surface area contributed by atoms with Crippen LogP contribution in [0.3, 0.4) is 0 Å². The number of nitrogens with one attached hydrogen (secondary N) is 1. The van der Waals surface area contributed by atoms with Crippen LogP contribution in [0.4, 0.5) is 5.69 Å². The fourth-order valence-corrected chi connectivity index (χ4v) is 1.56. The lowest BCUT2D eigenvalue weighted by molar-refractivity contribution is -0.386. The Bertz CT molecular complexity index is 720. The van der Waals surface area contributed by atoms with Crippen molar-refractivity contribution in [3.63, 3.8) is 0 Å². The molecule has 2 aromatic rings. The Labute approximate surface area is 112 Å². The number of hydrogen-bond donors (Lipinski definition) is 1. The van der Waals surface area contributed by atoms with Crippen molar-refractivity contribution in [2.45, 2.75) is 13.3 Å². The molecule has 0 amide bonds. The summed E-state index contributed by atoms with van der Waals surface area (Å²) in [6.45, 7) is 0.0628. The van der Waals surface area contributed by atoms with E-state index in [-0.39, 0.29) is 13.3 Å². The molecule has 20 heavy (non-hydrogen) atoms. The first-order valence-electron chi connectivity index (χ1n) is 5.68. The normalized spacial score (nSPS) is 10.4. The molecule has 0 saturated carbocycles. The van der Waals surface area contributed by atoms with E-state index in [0.29, 0.717) is 0 Å². The summed E-state index contributed by atoms with van der Waals surface area (Å²) in [4.78, 5) is 32.6. The Morgan fingerprint density at radius 2 is 1.95 bits per heavy atom. The van der Waals surface area contributed by atoms with Crippen molar-refractivity contribution in [3.8, 4) is 0 Å². The highest BCUT2D eigenvalue weighted by atomic mass is 16.6. The maximum Gasteiger partial charge on any atom is 0.339 e. The van der Waals surface area contributed by atoms with Crippen molar-refractivity contribution < 1.29 is 9.66 Å². The highest BCUT2D eigenvalue weighted by Crippen LogP contribution is 2.01. The third-order valence-electron chi connectivity index (χ3n) is 2.56. The van der Waals surface area contributed by atoms with E-state index in [1.54, 1.807) is 0 Å². The Morgan fingerprint density at radius 3 is 2.60 bits per heavy atom. The first-order chi connectivity index (χ1) is 9.59. The van der Waals surface area contributed by atoms with Crippen LogP contribution in [-0.2, 0) is 18.1 Å². The lowest BCUT2D eigenvalue weighted by Gasteiger charge is -2.06. The SMILES string of the molecule is O=c1c([N+](=O)[O-])c[nH]n(COCc2ccccc2)c1=O. The second kappa shape index (κ2) is 5.93. The van der Waals surface area contributed by atoms with E-state index in [1.807, 2.05) is 30.3 Å². The zero-order valence-electron chi connectivity index (χ0n) is 10.3. The van der Waals surface area contributed by atoms with Gasteiger partial charge in [0.05, 0.1) is 11.5 Å². The van der Waals surface area contributed by atoms with Crippen molar-refractivity contribution in [2.24, 2.45) is 0 Å². The number of H-pyrrole nitrogens is 1. The standard InChI is InChI=1S/C12H11N3O5/c16-11-10(15(18)19)6-13-14(12(11)17)8-20-7-9-4-2-1-3-5-9/h1-6,13H,7-8H2. The zero-order chi connectivity index (χ0) is 14.5. The fraction of sp³-hybridized carbons (Fsp3) is 0.167. The number of nitro groups is 1. The topological polar surface area (TPSA) is 107 Å². The van der Waals surface area contributed by atoms with E-state index in [9.17, 15) is 19.7 Å². The molecule has 0 bridgehead atoms. The quantitative estimate of drug-likeness (QED) is 0.489. The molecule has 8 heteroatoms. The molecule has 0 aliphatic rings. The largest absolute Gasteiger partial charge is 0.355 e. The van der Waals surface area contributed by atoms with Gasteiger partial charge >= 0.3 is 16.7 Å². The Kier molecular flexibility index (Phi) is 4.06. The Hall–Kier alpha value is -2.74. The number of benzene rings is 1. The van der Waals surface area contributed by atoms with Crippen molar-refractivity contribution in [1.29, 1.82) is 0 Å². The number of aromatic nitrogens is 2. The van der Waals surface area contributed by atoms with Crippen LogP contribution >= 0.6 is 0 Å². The molecule has 1 aromatic heterocycles. The lowest BCUT2D eigenvalue weighted by atomic mass is 10.2. The van der Waals surface area contributed by atoms with Gasteiger partial charge in [0.15, 0.2) is 0 Å². The summed E-state index contributed by atoms with van der Waals surface area (Å²) in [5.41, 5.74) is -2.07. The monoisotopic (exact) mass is 277 g/mol. The van der Waals surface area contributed by atoms with Crippen molar-refractivity contribution in [3.05, 3.63) is 72.8 Å². The first-order valence-corrected chi connectivity index (χ1v) is 5.68. The van der Waals surface area contributed by atoms with Gasteiger partial charge in [0, 0.05) is 0 Å². The minimum Gasteiger partial charge on any atom is -0.355 e. The molecule has 1 heterocycles. The number of nitrogens with zero attached hydrogens (tertiary/aromatic N) is 2. The summed E-state index contributed by atoms with van der Waals surface area (Å²) in [6, 6.07) is 9.25. The van der Waals surface area contributed by atoms with Crippen LogP contribution in [0, 0.1) is 10.1 Å². The molecule has 0 fully saturated rings. The van der Waals surface area contributed by atoms with Crippen LogP contribution in [0.25, 0.3) is 0 Å². The number of ether oxygens (including phenoxy) is 1. The molecular weight excluding hydrogens is 266 g/mol. The smallest absolute Gasteiger partial charge is 0.339 e. The summed E-state index contributed by atoms with van der Waals surface area (Å²) in [5.74, 6) is 0. The van der Waals surface area contributed by atoms with E-state index < -0.39 is 21.6 Å². The summed E-state index contributed by atoms with van der Waals surface area (Å²) in [7, 11) is 0. The highest BCUT2D eigenvalue weighted by molar-refractivity contribution is 5.22. The molecule has 0 saturated heterocycles. The molecule has 0 spiro atoms. The van der Waals surface area contributed by atoms with Gasteiger partial charge in [0.2, 0.25) is 0 Å². The van der Waals surface area contributed by atoms with Gasteiger partial charge in [-0.3, -0.25) is 24.8 Å². The number of rotatable bonds is 5. The van der Waals surface area contributed by atoms with Crippen molar-refractivity contribution >= 4 is 5.69 Å². The molecule has 0 aliphatic heterocycles. The van der Waals surface area contributed by atoms with Crippen LogP contribution < -0.4 is 11.0 Å². The fourth-order valence-electron chi connectivity index (χ4n) is 1.56. The Balaban J connectivity index is 2.08. The second-order valence-corrected chi connectivity index (χ2v) is 3.94. The van der Waals surface area contributed by atoms with E-state index in [0.717, 1.165) is 16.4 Å². The third-order valence-corrected chi connectivity index (χ3v) is 2.56. The maximum absolute atomic E-state index is 11.6. The molecule has 1 aromatic carbocycles. The predicted molar refractivity (Wildman–Crippen MR) is 69.2 cm³/mol. The van der Waals surface area contributed by atoms with Crippen LogP contribution in [0.5, 0.6) is 0 Å². The number of aromatic amines is 1. The van der Waals surface area contributed by atoms with Crippen molar-refractivity contribution in [2.75, 3.05) is 0 Å². The molecule has 8 nitrogen and oxygen atoms in total. The second-order valence-electron chi connectivity index (χ2n) is 3.94. The molecule has 104 valence electrons. The third kappa shape index (κ3) is 2.98. The van der Waals surface area contributed by atoms with Crippen LogP contribution in [0.15, 0.2) is 46.1 Å². The first kappa shape index (κ1) is 13.7. The summed E-state index contributed by atoms with van der Waals surface area (Å²) in [6.07, 6.45) is 0.871. The van der Waals surface area contributed by atoms with Gasteiger partial charge in [-0.1, -0.05) is 30.3 Å². The minimum absolute atomic E-state index is 0.193. The summed E-state index contributed by atoms with van der Waals surface area (Å²) >= 11 is 0. The maximum atomic E-state index is 11.6. The Morgan fingerprint density at radius 1 is 1.25 bits per heavy atom. The zero-order valence-corrected chi connectivity index (χ0v) is 10.3. The summed E-state index contributed by atoms with van der Waals surface area (Å²) in [5, 5.41) is 12.8. The van der Waals surface area contributed by atoms with E-state index in [4.69, 9.17) is 4.74 Å². The van der Waals surface area contributed by atoms with Crippen LogP contribution in [-0.4, -0.2) is 14.7 Å². The van der Waals surface area contributed by atoms with Gasteiger partial charge in [-0.25, -0.2) is 4.68 Å². The van der Waals surface area contributed by atoms with Crippen LogP contribution in [0.1, 0.15) is 5.56 Å². The molecule has 2 rings (SSSR count). The van der Waals surface area contributed by atoms with E-state index in [1.165, 1.54) is 0 Å². The average Bonchev–Trinajstić information content (AvgIpc) is 2.44. The van der Waals surface area contributed by atoms with E-state index >= 15 is 0 Å². The molecule has 1 N–H and O–H groups in total.